The van der Waals surface area contributed by atoms with Gasteiger partial charge in [-0.15, -0.1) is 0 Å². The van der Waals surface area contributed by atoms with Crippen LogP contribution in [-0.4, -0.2) is 47.2 Å². The molecule has 0 radical (unpaired) electrons. The summed E-state index contributed by atoms with van der Waals surface area (Å²) in [5.41, 5.74) is 14.8. The van der Waals surface area contributed by atoms with Crippen molar-refractivity contribution in [2.75, 3.05) is 18.0 Å². The fourth-order valence-electron chi connectivity index (χ4n) is 6.81. The molecule has 39 heavy (non-hydrogen) atoms. The molecule has 1 fully saturated rings. The van der Waals surface area contributed by atoms with Gasteiger partial charge in [-0.25, -0.2) is 4.98 Å². The SMILES string of the molecule is Cc1ccc2c(n1)CC1(CCN(c3nc4[nH]cc(-c5ccc6nn(C)cc6c5Cl)c4c4nccn34)CC1)[C@@H]2N. The lowest BCUT2D eigenvalue weighted by Gasteiger charge is -2.42. The monoisotopic (exact) mass is 537 g/mol. The summed E-state index contributed by atoms with van der Waals surface area (Å²) in [6.07, 6.45) is 10.7. The third kappa shape index (κ3) is 3.23. The van der Waals surface area contributed by atoms with E-state index >= 15 is 0 Å². The molecule has 6 aromatic rings. The number of halogens is 1. The van der Waals surface area contributed by atoms with Gasteiger partial charge in [0.15, 0.2) is 5.65 Å². The van der Waals surface area contributed by atoms with E-state index in [1.54, 1.807) is 4.68 Å². The number of piperidine rings is 1. The fraction of sp³-hybridized carbons (Fsp3) is 0.310. The Bertz CT molecular complexity index is 1920. The van der Waals surface area contributed by atoms with Crippen molar-refractivity contribution in [3.63, 3.8) is 0 Å². The van der Waals surface area contributed by atoms with Crippen molar-refractivity contribution in [1.82, 2.24) is 34.1 Å². The van der Waals surface area contributed by atoms with Gasteiger partial charge in [0.05, 0.1) is 15.9 Å². The van der Waals surface area contributed by atoms with Crippen LogP contribution in [0.2, 0.25) is 5.02 Å². The highest BCUT2D eigenvalue weighted by Gasteiger charge is 2.47. The Labute approximate surface area is 229 Å². The van der Waals surface area contributed by atoms with Crippen molar-refractivity contribution in [2.45, 2.75) is 32.2 Å². The molecule has 196 valence electrons. The van der Waals surface area contributed by atoms with Crippen molar-refractivity contribution >= 4 is 45.1 Å². The molecule has 0 bridgehead atoms. The van der Waals surface area contributed by atoms with E-state index in [1.165, 1.54) is 11.3 Å². The summed E-state index contributed by atoms with van der Waals surface area (Å²) in [5.74, 6) is 0.894. The minimum absolute atomic E-state index is 0.0271. The Morgan fingerprint density at radius 3 is 2.79 bits per heavy atom. The summed E-state index contributed by atoms with van der Waals surface area (Å²) in [7, 11) is 1.90. The van der Waals surface area contributed by atoms with Crippen LogP contribution < -0.4 is 10.6 Å². The van der Waals surface area contributed by atoms with Gasteiger partial charge in [-0.2, -0.15) is 10.1 Å². The van der Waals surface area contributed by atoms with Crippen LogP contribution in [0.15, 0.2) is 49.1 Å². The van der Waals surface area contributed by atoms with Crippen LogP contribution in [0.4, 0.5) is 5.95 Å². The summed E-state index contributed by atoms with van der Waals surface area (Å²) in [6, 6.07) is 8.31. The minimum Gasteiger partial charge on any atom is -0.345 e. The lowest BCUT2D eigenvalue weighted by Crippen LogP contribution is -2.45. The molecule has 9 nitrogen and oxygen atoms in total. The molecule has 0 unspecified atom stereocenters. The summed E-state index contributed by atoms with van der Waals surface area (Å²) >= 11 is 6.90. The van der Waals surface area contributed by atoms with Crippen LogP contribution in [0.1, 0.15) is 35.8 Å². The number of aryl methyl sites for hydroxylation is 2. The van der Waals surface area contributed by atoms with Crippen molar-refractivity contribution in [2.24, 2.45) is 18.2 Å². The quantitative estimate of drug-likeness (QED) is 0.323. The Balaban J connectivity index is 1.16. The average Bonchev–Trinajstić information content (AvgIpc) is 3.70. The predicted molar refractivity (Wildman–Crippen MR) is 153 cm³/mol. The van der Waals surface area contributed by atoms with Crippen LogP contribution in [0.5, 0.6) is 0 Å². The highest BCUT2D eigenvalue weighted by atomic mass is 35.5. The largest absolute Gasteiger partial charge is 0.345 e. The van der Waals surface area contributed by atoms with E-state index in [0.29, 0.717) is 5.02 Å². The number of pyridine rings is 1. The van der Waals surface area contributed by atoms with Crippen LogP contribution in [0.3, 0.4) is 0 Å². The van der Waals surface area contributed by atoms with Crippen LogP contribution >= 0.6 is 11.6 Å². The number of aromatic amines is 1. The molecule has 1 atom stereocenters. The van der Waals surface area contributed by atoms with Crippen LogP contribution in [0, 0.1) is 12.3 Å². The number of nitrogens with two attached hydrogens (primary N) is 1. The normalized spacial score (nSPS) is 18.7. The van der Waals surface area contributed by atoms with Gasteiger partial charge in [-0.05, 0) is 49.3 Å². The zero-order chi connectivity index (χ0) is 26.5. The first kappa shape index (κ1) is 23.0. The molecule has 8 rings (SSSR count). The first-order valence-corrected chi connectivity index (χ1v) is 13.7. The first-order chi connectivity index (χ1) is 18.9. The topological polar surface area (TPSA) is 106 Å². The van der Waals surface area contributed by atoms with E-state index in [0.717, 1.165) is 82.7 Å². The lowest BCUT2D eigenvalue weighted by atomic mass is 9.73. The Morgan fingerprint density at radius 1 is 1.10 bits per heavy atom. The molecule has 3 N–H and O–H groups in total. The van der Waals surface area contributed by atoms with Crippen molar-refractivity contribution in [3.05, 3.63) is 71.0 Å². The third-order valence-corrected chi connectivity index (χ3v) is 9.29. The maximum Gasteiger partial charge on any atom is 0.213 e. The van der Waals surface area contributed by atoms with Crippen molar-refractivity contribution in [3.8, 4) is 11.1 Å². The second-order valence-electron chi connectivity index (χ2n) is 11.1. The molecule has 10 heteroatoms. The number of rotatable bonds is 2. The van der Waals surface area contributed by atoms with Crippen LogP contribution in [-0.2, 0) is 13.5 Å². The smallest absolute Gasteiger partial charge is 0.213 e. The van der Waals surface area contributed by atoms with Gasteiger partial charge in [0, 0.05) is 78.9 Å². The Hall–Kier alpha value is -3.95. The minimum atomic E-state index is 0.0271. The Kier molecular flexibility index (Phi) is 4.73. The molecule has 5 aromatic heterocycles. The summed E-state index contributed by atoms with van der Waals surface area (Å²) in [5, 5.41) is 7.05. The van der Waals surface area contributed by atoms with Gasteiger partial charge in [-0.1, -0.05) is 23.7 Å². The zero-order valence-electron chi connectivity index (χ0n) is 21.8. The maximum absolute atomic E-state index is 6.90. The van der Waals surface area contributed by atoms with Gasteiger partial charge in [-0.3, -0.25) is 14.1 Å². The van der Waals surface area contributed by atoms with Gasteiger partial charge >= 0.3 is 0 Å². The lowest BCUT2D eigenvalue weighted by molar-refractivity contribution is 0.186. The van der Waals surface area contributed by atoms with Gasteiger partial charge in [0.2, 0.25) is 5.95 Å². The third-order valence-electron chi connectivity index (χ3n) is 8.88. The van der Waals surface area contributed by atoms with E-state index in [2.05, 4.69) is 38.4 Å². The second-order valence-corrected chi connectivity index (χ2v) is 11.5. The molecule has 1 saturated heterocycles. The maximum atomic E-state index is 6.90. The van der Waals surface area contributed by atoms with Gasteiger partial charge in [0.25, 0.3) is 0 Å². The van der Waals surface area contributed by atoms with E-state index < -0.39 is 0 Å². The molecule has 0 amide bonds. The van der Waals surface area contributed by atoms with E-state index in [9.17, 15) is 0 Å². The number of imidazole rings is 1. The predicted octanol–water partition coefficient (Wildman–Crippen LogP) is 4.96. The molecule has 1 aromatic carbocycles. The molecule has 1 aliphatic heterocycles. The highest BCUT2D eigenvalue weighted by molar-refractivity contribution is 6.38. The van der Waals surface area contributed by atoms with Gasteiger partial charge < -0.3 is 15.6 Å². The number of anilines is 1. The van der Waals surface area contributed by atoms with Crippen molar-refractivity contribution in [1.29, 1.82) is 0 Å². The van der Waals surface area contributed by atoms with E-state index in [4.69, 9.17) is 32.3 Å². The van der Waals surface area contributed by atoms with Gasteiger partial charge in [0.1, 0.15) is 5.65 Å². The van der Waals surface area contributed by atoms with E-state index in [-0.39, 0.29) is 11.5 Å². The second kappa shape index (κ2) is 8.03. The standard InChI is InChI=1S/C29H28ClN9/c1-16-3-4-18-22(34-16)13-29(25(18)31)7-10-38(11-8-29)28-35-26-23(27-32-9-12-39(27)28)19(14-33-26)17-5-6-21-20(24(17)30)15-37(2)36-21/h3-6,9,12,14-15,25,33H,7-8,10-11,13,31H2,1-2H3/t25-/m1/s1. The fourth-order valence-corrected chi connectivity index (χ4v) is 7.12. The summed E-state index contributed by atoms with van der Waals surface area (Å²) in [4.78, 5) is 20.5. The number of hydrogen-bond donors (Lipinski definition) is 2. The average molecular weight is 538 g/mol. The number of H-pyrrole nitrogens is 1. The molecular formula is C29H28ClN9. The summed E-state index contributed by atoms with van der Waals surface area (Å²) in [6.45, 7) is 3.81. The molecule has 2 aliphatic rings. The van der Waals surface area contributed by atoms with E-state index in [1.807, 2.05) is 44.0 Å². The number of fused-ring (bicyclic) bond motifs is 5. The number of nitrogens with one attached hydrogen (secondary N) is 1. The molecule has 6 heterocycles. The number of hydrogen-bond acceptors (Lipinski definition) is 6. The number of nitrogens with zero attached hydrogens (tertiary/aromatic N) is 7. The summed E-state index contributed by atoms with van der Waals surface area (Å²) < 4.78 is 3.88. The van der Waals surface area contributed by atoms with Crippen LogP contribution in [0.25, 0.3) is 38.7 Å². The highest BCUT2D eigenvalue weighted by Crippen LogP contribution is 2.50. The van der Waals surface area contributed by atoms with Crippen molar-refractivity contribution < 1.29 is 0 Å². The number of benzene rings is 1. The molecule has 1 spiro atoms. The molecular weight excluding hydrogens is 510 g/mol. The number of aromatic nitrogens is 7. The molecule has 1 aliphatic carbocycles. The first-order valence-electron chi connectivity index (χ1n) is 13.4. The Morgan fingerprint density at radius 2 is 1.95 bits per heavy atom. The molecule has 0 saturated carbocycles. The zero-order valence-corrected chi connectivity index (χ0v) is 22.6.